The van der Waals surface area contributed by atoms with Crippen molar-refractivity contribution < 1.29 is 14.3 Å². The number of ether oxygens (including phenoxy) is 1. The maximum absolute atomic E-state index is 13.1. The fraction of sp³-hybridized carbons (Fsp3) is 0.240. The van der Waals surface area contributed by atoms with E-state index in [1.165, 1.54) is 0 Å². The molecular formula is C25H27N3O3. The fourth-order valence-electron chi connectivity index (χ4n) is 3.06. The smallest absolute Gasteiger partial charge is 0.408 e. The lowest BCUT2D eigenvalue weighted by molar-refractivity contribution is -0.118. The number of rotatable bonds is 6. The Kier molecular flexibility index (Phi) is 7.03. The number of hydrogen-bond acceptors (Lipinski definition) is 4. The predicted octanol–water partition coefficient (Wildman–Crippen LogP) is 4.82. The van der Waals surface area contributed by atoms with Gasteiger partial charge in [-0.25, -0.2) is 4.79 Å². The summed E-state index contributed by atoms with van der Waals surface area (Å²) < 4.78 is 5.35. The summed E-state index contributed by atoms with van der Waals surface area (Å²) >= 11 is 0. The second-order valence-corrected chi connectivity index (χ2v) is 8.19. The van der Waals surface area contributed by atoms with Gasteiger partial charge >= 0.3 is 6.09 Å². The van der Waals surface area contributed by atoms with Gasteiger partial charge in [-0.05, 0) is 61.7 Å². The molecule has 0 saturated carbocycles. The van der Waals surface area contributed by atoms with Gasteiger partial charge in [-0.3, -0.25) is 9.78 Å². The van der Waals surface area contributed by atoms with Gasteiger partial charge in [0.05, 0.1) is 0 Å². The van der Waals surface area contributed by atoms with Crippen molar-refractivity contribution in [3.63, 3.8) is 0 Å². The van der Waals surface area contributed by atoms with E-state index in [4.69, 9.17) is 4.74 Å². The van der Waals surface area contributed by atoms with Crippen LogP contribution in [0.3, 0.4) is 0 Å². The molecule has 0 fully saturated rings. The van der Waals surface area contributed by atoms with Crippen LogP contribution >= 0.6 is 0 Å². The zero-order valence-electron chi connectivity index (χ0n) is 18.0. The molecule has 3 aromatic rings. The highest BCUT2D eigenvalue weighted by molar-refractivity contribution is 5.97. The van der Waals surface area contributed by atoms with E-state index in [0.29, 0.717) is 12.1 Å². The summed E-state index contributed by atoms with van der Waals surface area (Å²) in [6, 6.07) is 20.1. The highest BCUT2D eigenvalue weighted by atomic mass is 16.6. The number of carbonyl (C=O) groups excluding carboxylic acids is 2. The molecule has 3 rings (SSSR count). The van der Waals surface area contributed by atoms with Crippen LogP contribution in [0, 0.1) is 0 Å². The highest BCUT2D eigenvalue weighted by Crippen LogP contribution is 2.22. The maximum Gasteiger partial charge on any atom is 0.408 e. The molecule has 0 spiro atoms. The molecule has 2 amide bonds. The molecular weight excluding hydrogens is 390 g/mol. The van der Waals surface area contributed by atoms with Crippen LogP contribution in [0.25, 0.3) is 11.1 Å². The van der Waals surface area contributed by atoms with Gasteiger partial charge in [0.25, 0.3) is 0 Å². The first kappa shape index (κ1) is 22.0. The second kappa shape index (κ2) is 9.89. The zero-order valence-corrected chi connectivity index (χ0v) is 18.0. The number of pyridine rings is 1. The average molecular weight is 418 g/mol. The second-order valence-electron chi connectivity index (χ2n) is 8.19. The first-order valence-corrected chi connectivity index (χ1v) is 10.1. The molecule has 1 heterocycles. The van der Waals surface area contributed by atoms with Crippen molar-refractivity contribution in [1.82, 2.24) is 10.3 Å². The summed E-state index contributed by atoms with van der Waals surface area (Å²) in [6.07, 6.45) is 3.16. The molecule has 1 aromatic heterocycles. The van der Waals surface area contributed by atoms with E-state index in [1.54, 1.807) is 33.2 Å². The molecule has 0 radical (unpaired) electrons. The number of nitrogens with one attached hydrogen (secondary N) is 2. The lowest BCUT2D eigenvalue weighted by atomic mass is 10.0. The number of hydrogen-bond donors (Lipinski definition) is 2. The predicted molar refractivity (Wildman–Crippen MR) is 122 cm³/mol. The van der Waals surface area contributed by atoms with Crippen LogP contribution in [0.4, 0.5) is 10.5 Å². The Bertz CT molecular complexity index is 1010. The number of aromatic nitrogens is 1. The van der Waals surface area contributed by atoms with Crippen molar-refractivity contribution in [3.05, 3.63) is 84.7 Å². The van der Waals surface area contributed by atoms with E-state index in [9.17, 15) is 9.59 Å². The van der Waals surface area contributed by atoms with Gasteiger partial charge in [-0.2, -0.15) is 0 Å². The van der Waals surface area contributed by atoms with Crippen LogP contribution in [0.5, 0.6) is 0 Å². The zero-order chi connectivity index (χ0) is 22.3. The van der Waals surface area contributed by atoms with Gasteiger partial charge in [0.2, 0.25) is 5.91 Å². The Balaban J connectivity index is 1.77. The van der Waals surface area contributed by atoms with Gasteiger partial charge in [-0.15, -0.1) is 0 Å². The van der Waals surface area contributed by atoms with Crippen LogP contribution in [0.15, 0.2) is 79.1 Å². The molecule has 31 heavy (non-hydrogen) atoms. The standard InChI is InChI=1S/C25H27N3O3/c1-25(2,3)31-24(30)28-22(16-18-8-5-4-6-9-18)23(29)27-21-11-7-10-20(17-21)19-12-14-26-15-13-19/h4-15,17,22H,16H2,1-3H3,(H,27,29)(H,28,30)/t22-/m0/s1. The van der Waals surface area contributed by atoms with Crippen molar-refractivity contribution in [2.45, 2.75) is 38.8 Å². The van der Waals surface area contributed by atoms with E-state index >= 15 is 0 Å². The van der Waals surface area contributed by atoms with Gasteiger partial charge in [-0.1, -0.05) is 42.5 Å². The molecule has 0 unspecified atom stereocenters. The Hall–Kier alpha value is -3.67. The molecule has 6 nitrogen and oxygen atoms in total. The normalized spacial score (nSPS) is 12.0. The van der Waals surface area contributed by atoms with E-state index in [0.717, 1.165) is 16.7 Å². The first-order valence-electron chi connectivity index (χ1n) is 10.1. The summed E-state index contributed by atoms with van der Waals surface area (Å²) in [5, 5.41) is 5.62. The molecule has 160 valence electrons. The summed E-state index contributed by atoms with van der Waals surface area (Å²) in [5.41, 5.74) is 2.88. The molecule has 1 atom stereocenters. The number of nitrogens with zero attached hydrogens (tertiary/aromatic N) is 1. The van der Waals surface area contributed by atoms with Crippen molar-refractivity contribution in [2.75, 3.05) is 5.32 Å². The summed E-state index contributed by atoms with van der Waals surface area (Å²) in [4.78, 5) is 29.4. The third-order valence-corrected chi connectivity index (χ3v) is 4.43. The fourth-order valence-corrected chi connectivity index (χ4v) is 3.06. The topological polar surface area (TPSA) is 80.3 Å². The van der Waals surface area contributed by atoms with Crippen molar-refractivity contribution in [2.24, 2.45) is 0 Å². The third kappa shape index (κ3) is 6.96. The van der Waals surface area contributed by atoms with Crippen molar-refractivity contribution in [3.8, 4) is 11.1 Å². The van der Waals surface area contributed by atoms with E-state index in [-0.39, 0.29) is 5.91 Å². The SMILES string of the molecule is CC(C)(C)OC(=O)N[C@@H](Cc1ccccc1)C(=O)Nc1cccc(-c2ccncc2)c1. The largest absolute Gasteiger partial charge is 0.444 e. The summed E-state index contributed by atoms with van der Waals surface area (Å²) in [7, 11) is 0. The molecule has 0 bridgehead atoms. The van der Waals surface area contributed by atoms with E-state index in [2.05, 4.69) is 15.6 Å². The minimum atomic E-state index is -0.790. The lowest BCUT2D eigenvalue weighted by Crippen LogP contribution is -2.47. The van der Waals surface area contributed by atoms with E-state index in [1.807, 2.05) is 66.7 Å². The van der Waals surface area contributed by atoms with Crippen LogP contribution in [0.2, 0.25) is 0 Å². The first-order chi connectivity index (χ1) is 14.8. The van der Waals surface area contributed by atoms with Gasteiger partial charge in [0.15, 0.2) is 0 Å². The van der Waals surface area contributed by atoms with Crippen molar-refractivity contribution >= 4 is 17.7 Å². The average Bonchev–Trinajstić information content (AvgIpc) is 2.73. The quantitative estimate of drug-likeness (QED) is 0.602. The molecule has 0 aliphatic rings. The van der Waals surface area contributed by atoms with Gasteiger partial charge in [0.1, 0.15) is 11.6 Å². The van der Waals surface area contributed by atoms with Gasteiger partial charge in [0, 0.05) is 24.5 Å². The van der Waals surface area contributed by atoms with Crippen LogP contribution < -0.4 is 10.6 Å². The molecule has 0 aliphatic heterocycles. The highest BCUT2D eigenvalue weighted by Gasteiger charge is 2.25. The van der Waals surface area contributed by atoms with Crippen LogP contribution in [0.1, 0.15) is 26.3 Å². The minimum Gasteiger partial charge on any atom is -0.444 e. The Morgan fingerprint density at radius 1 is 0.935 bits per heavy atom. The number of carbonyl (C=O) groups is 2. The van der Waals surface area contributed by atoms with Crippen LogP contribution in [-0.2, 0) is 16.0 Å². The number of alkyl carbamates (subject to hydrolysis) is 1. The minimum absolute atomic E-state index is 0.318. The Morgan fingerprint density at radius 2 is 1.65 bits per heavy atom. The van der Waals surface area contributed by atoms with Crippen LogP contribution in [-0.4, -0.2) is 28.6 Å². The summed E-state index contributed by atoms with van der Waals surface area (Å²) in [5.74, 6) is -0.318. The van der Waals surface area contributed by atoms with Crippen molar-refractivity contribution in [1.29, 1.82) is 0 Å². The third-order valence-electron chi connectivity index (χ3n) is 4.43. The summed E-state index contributed by atoms with van der Waals surface area (Å²) in [6.45, 7) is 5.34. The molecule has 2 N–H and O–H groups in total. The number of anilines is 1. The van der Waals surface area contributed by atoms with E-state index < -0.39 is 17.7 Å². The Labute approximate surface area is 182 Å². The monoisotopic (exact) mass is 417 g/mol. The number of benzene rings is 2. The maximum atomic E-state index is 13.1. The Morgan fingerprint density at radius 3 is 2.32 bits per heavy atom. The molecule has 0 aliphatic carbocycles. The molecule has 2 aromatic carbocycles. The molecule has 0 saturated heterocycles. The lowest BCUT2D eigenvalue weighted by Gasteiger charge is -2.23. The number of amides is 2. The van der Waals surface area contributed by atoms with Gasteiger partial charge < -0.3 is 15.4 Å². The molecule has 6 heteroatoms.